The van der Waals surface area contributed by atoms with Gasteiger partial charge in [-0.25, -0.2) is 0 Å². The lowest BCUT2D eigenvalue weighted by molar-refractivity contribution is -0.434. The maximum atomic E-state index is 14.2. The van der Waals surface area contributed by atoms with E-state index in [0.29, 0.717) is 12.8 Å². The molecule has 7 heteroatoms. The number of methoxy groups -OCH3 is 1. The average molecular weight is 408 g/mol. The fourth-order valence-electron chi connectivity index (χ4n) is 3.52. The Bertz CT molecular complexity index is 795. The Morgan fingerprint density at radius 2 is 1.62 bits per heavy atom. The highest BCUT2D eigenvalue weighted by atomic mass is 19.4. The molecule has 0 aliphatic carbocycles. The summed E-state index contributed by atoms with van der Waals surface area (Å²) in [6.07, 6.45) is -5.71. The Hall–Kier alpha value is -2.38. The van der Waals surface area contributed by atoms with Crippen molar-refractivity contribution in [3.63, 3.8) is 0 Å². The molecule has 1 saturated heterocycles. The number of esters is 1. The van der Waals surface area contributed by atoms with E-state index in [4.69, 9.17) is 9.47 Å². The standard InChI is InChI=1S/C22H23F3O4/c1-27-20(26)15-19-14-18(13-12-16-8-4-2-5-9-16)28-21(29-19,22(23,24)25)17-10-6-3-7-11-17/h2-11,18-19H,12-15H2,1H3/t18?,19?,21-/m1/s1. The van der Waals surface area contributed by atoms with Crippen LogP contribution in [0, 0.1) is 0 Å². The van der Waals surface area contributed by atoms with Crippen molar-refractivity contribution < 1.29 is 32.2 Å². The Morgan fingerprint density at radius 1 is 1.03 bits per heavy atom. The normalized spacial score (nSPS) is 24.8. The van der Waals surface area contributed by atoms with Gasteiger partial charge in [-0.15, -0.1) is 0 Å². The Labute approximate surface area is 167 Å². The van der Waals surface area contributed by atoms with Crippen LogP contribution in [0.1, 0.15) is 30.4 Å². The molecule has 1 heterocycles. The second-order valence-electron chi connectivity index (χ2n) is 7.00. The minimum absolute atomic E-state index is 0.147. The molecular formula is C22H23F3O4. The number of hydrogen-bond donors (Lipinski definition) is 0. The summed E-state index contributed by atoms with van der Waals surface area (Å²) in [6.45, 7) is 0. The van der Waals surface area contributed by atoms with Gasteiger partial charge in [-0.05, 0) is 18.4 Å². The molecule has 1 fully saturated rings. The molecule has 1 aliphatic rings. The second-order valence-corrected chi connectivity index (χ2v) is 7.00. The van der Waals surface area contributed by atoms with E-state index in [0.717, 1.165) is 5.56 Å². The summed E-state index contributed by atoms with van der Waals surface area (Å²) in [5.41, 5.74) is 0.858. The van der Waals surface area contributed by atoms with E-state index in [-0.39, 0.29) is 18.4 Å². The first-order valence-electron chi connectivity index (χ1n) is 9.42. The maximum Gasteiger partial charge on any atom is 0.448 e. The lowest BCUT2D eigenvalue weighted by Gasteiger charge is -2.45. The topological polar surface area (TPSA) is 44.8 Å². The number of aryl methyl sites for hydroxylation is 1. The molecule has 0 amide bonds. The fraction of sp³-hybridized carbons (Fsp3) is 0.409. The van der Waals surface area contributed by atoms with Crippen LogP contribution < -0.4 is 0 Å². The molecule has 0 N–H and O–H groups in total. The van der Waals surface area contributed by atoms with Crippen LogP contribution in [0.2, 0.25) is 0 Å². The summed E-state index contributed by atoms with van der Waals surface area (Å²) >= 11 is 0. The minimum Gasteiger partial charge on any atom is -0.469 e. The summed E-state index contributed by atoms with van der Waals surface area (Å²) in [6, 6.07) is 16.7. The SMILES string of the molecule is COC(=O)CC1CC(CCc2ccccc2)O[C@@](c2ccccc2)(C(F)(F)F)O1. The quantitative estimate of drug-likeness (QED) is 0.646. The van der Waals surface area contributed by atoms with E-state index in [2.05, 4.69) is 4.74 Å². The molecule has 2 aromatic carbocycles. The third-order valence-electron chi connectivity index (χ3n) is 4.94. The van der Waals surface area contributed by atoms with Gasteiger partial charge in [-0.3, -0.25) is 4.79 Å². The van der Waals surface area contributed by atoms with E-state index >= 15 is 0 Å². The molecule has 0 bridgehead atoms. The first-order valence-corrected chi connectivity index (χ1v) is 9.42. The average Bonchev–Trinajstić information content (AvgIpc) is 2.72. The molecule has 3 rings (SSSR count). The Balaban J connectivity index is 1.90. The van der Waals surface area contributed by atoms with Gasteiger partial charge in [0.25, 0.3) is 5.79 Å². The number of rotatable bonds is 6. The van der Waals surface area contributed by atoms with Crippen LogP contribution in [0.5, 0.6) is 0 Å². The molecule has 1 aliphatic heterocycles. The van der Waals surface area contributed by atoms with E-state index < -0.39 is 30.1 Å². The van der Waals surface area contributed by atoms with Crippen LogP contribution in [-0.4, -0.2) is 31.5 Å². The zero-order valence-electron chi connectivity index (χ0n) is 16.0. The van der Waals surface area contributed by atoms with Gasteiger partial charge in [-0.1, -0.05) is 60.7 Å². The van der Waals surface area contributed by atoms with Gasteiger partial charge in [0.15, 0.2) is 0 Å². The van der Waals surface area contributed by atoms with E-state index in [1.165, 1.54) is 31.4 Å². The van der Waals surface area contributed by atoms with Gasteiger partial charge in [0.05, 0.1) is 25.7 Å². The molecule has 2 unspecified atom stereocenters. The highest BCUT2D eigenvalue weighted by Crippen LogP contribution is 2.48. The maximum absolute atomic E-state index is 14.2. The van der Waals surface area contributed by atoms with Crippen molar-refractivity contribution >= 4 is 5.97 Å². The number of carbonyl (C=O) groups is 1. The largest absolute Gasteiger partial charge is 0.469 e. The monoisotopic (exact) mass is 408 g/mol. The first kappa shape index (κ1) is 21.3. The first-order chi connectivity index (χ1) is 13.8. The van der Waals surface area contributed by atoms with Crippen molar-refractivity contribution in [1.29, 1.82) is 0 Å². The van der Waals surface area contributed by atoms with Crippen molar-refractivity contribution in [1.82, 2.24) is 0 Å². The zero-order chi connectivity index (χ0) is 20.9. The van der Waals surface area contributed by atoms with Crippen molar-refractivity contribution in [3.05, 3.63) is 71.8 Å². The molecule has 3 atom stereocenters. The number of hydrogen-bond acceptors (Lipinski definition) is 4. The predicted octanol–water partition coefficient (Wildman–Crippen LogP) is 4.77. The van der Waals surface area contributed by atoms with Gasteiger partial charge < -0.3 is 14.2 Å². The van der Waals surface area contributed by atoms with Crippen LogP contribution >= 0.6 is 0 Å². The highest BCUT2D eigenvalue weighted by Gasteiger charge is 2.63. The summed E-state index contributed by atoms with van der Waals surface area (Å²) in [5, 5.41) is 0. The molecule has 0 aromatic heterocycles. The van der Waals surface area contributed by atoms with Crippen molar-refractivity contribution in [2.45, 2.75) is 49.9 Å². The van der Waals surface area contributed by atoms with E-state index in [1.54, 1.807) is 6.07 Å². The van der Waals surface area contributed by atoms with Crippen molar-refractivity contribution in [2.75, 3.05) is 7.11 Å². The number of benzene rings is 2. The summed E-state index contributed by atoms with van der Waals surface area (Å²) < 4.78 is 58.4. The molecule has 4 nitrogen and oxygen atoms in total. The second kappa shape index (κ2) is 8.97. The molecule has 0 radical (unpaired) electrons. The zero-order valence-corrected chi connectivity index (χ0v) is 16.0. The van der Waals surface area contributed by atoms with Crippen molar-refractivity contribution in [2.24, 2.45) is 0 Å². The van der Waals surface area contributed by atoms with Crippen LogP contribution in [0.15, 0.2) is 60.7 Å². The van der Waals surface area contributed by atoms with Crippen molar-refractivity contribution in [3.8, 4) is 0 Å². The van der Waals surface area contributed by atoms with Crippen LogP contribution in [0.25, 0.3) is 0 Å². The Morgan fingerprint density at radius 3 is 2.21 bits per heavy atom. The number of halogens is 3. The van der Waals surface area contributed by atoms with Crippen LogP contribution in [0.3, 0.4) is 0 Å². The third kappa shape index (κ3) is 4.97. The lowest BCUT2D eigenvalue weighted by atomic mass is 9.96. The van der Waals surface area contributed by atoms with E-state index in [9.17, 15) is 18.0 Å². The molecule has 0 saturated carbocycles. The van der Waals surface area contributed by atoms with E-state index in [1.807, 2.05) is 30.3 Å². The summed E-state index contributed by atoms with van der Waals surface area (Å²) in [5.74, 6) is -3.55. The smallest absolute Gasteiger partial charge is 0.448 e. The minimum atomic E-state index is -4.83. The van der Waals surface area contributed by atoms with Gasteiger partial charge in [0, 0.05) is 12.0 Å². The molecule has 29 heavy (non-hydrogen) atoms. The number of ether oxygens (including phenoxy) is 3. The van der Waals surface area contributed by atoms with Gasteiger partial charge in [-0.2, -0.15) is 13.2 Å². The molecule has 156 valence electrons. The van der Waals surface area contributed by atoms with Gasteiger partial charge >= 0.3 is 12.1 Å². The predicted molar refractivity (Wildman–Crippen MR) is 99.9 cm³/mol. The lowest BCUT2D eigenvalue weighted by Crippen LogP contribution is -2.55. The van der Waals surface area contributed by atoms with Crippen LogP contribution in [0.4, 0.5) is 13.2 Å². The van der Waals surface area contributed by atoms with Crippen LogP contribution in [-0.2, 0) is 31.2 Å². The summed E-state index contributed by atoms with van der Waals surface area (Å²) in [7, 11) is 1.20. The Kier molecular flexibility index (Phi) is 6.59. The molecule has 0 spiro atoms. The number of alkyl halides is 3. The molecule has 2 aromatic rings. The fourth-order valence-corrected chi connectivity index (χ4v) is 3.52. The summed E-state index contributed by atoms with van der Waals surface area (Å²) in [4.78, 5) is 11.7. The molecular weight excluding hydrogens is 385 g/mol. The van der Waals surface area contributed by atoms with Gasteiger partial charge in [0.1, 0.15) is 0 Å². The third-order valence-corrected chi connectivity index (χ3v) is 4.94. The highest BCUT2D eigenvalue weighted by molar-refractivity contribution is 5.69. The number of carbonyl (C=O) groups excluding carboxylic acids is 1. The van der Waals surface area contributed by atoms with Gasteiger partial charge in [0.2, 0.25) is 0 Å².